The second-order valence-corrected chi connectivity index (χ2v) is 14.1. The molecule has 0 unspecified atom stereocenters. The third-order valence-electron chi connectivity index (χ3n) is 8.90. The summed E-state index contributed by atoms with van der Waals surface area (Å²) in [4.78, 5) is 30.4. The van der Waals surface area contributed by atoms with Crippen molar-refractivity contribution in [3.05, 3.63) is 131 Å². The summed E-state index contributed by atoms with van der Waals surface area (Å²) in [6.07, 6.45) is 4.23. The lowest BCUT2D eigenvalue weighted by Crippen LogP contribution is -2.54. The third kappa shape index (κ3) is 7.85. The van der Waals surface area contributed by atoms with E-state index >= 15 is 0 Å². The number of anilines is 1. The molecule has 0 spiro atoms. The molecule has 1 fully saturated rings. The Labute approximate surface area is 273 Å². The predicted octanol–water partition coefficient (Wildman–Crippen LogP) is 6.51. The van der Waals surface area contributed by atoms with Crippen molar-refractivity contribution >= 4 is 27.5 Å². The molecule has 1 atom stereocenters. The van der Waals surface area contributed by atoms with E-state index < -0.39 is 28.5 Å². The molecule has 0 bridgehead atoms. The second-order valence-electron chi connectivity index (χ2n) is 12.2. The first kappa shape index (κ1) is 32.9. The fourth-order valence-electron chi connectivity index (χ4n) is 6.06. The first-order valence-corrected chi connectivity index (χ1v) is 17.4. The number of hydrogen-bond acceptors (Lipinski definition) is 4. The Hall–Kier alpha value is -4.43. The summed E-state index contributed by atoms with van der Waals surface area (Å²) >= 11 is 0. The average Bonchev–Trinajstić information content (AvgIpc) is 3.57. The van der Waals surface area contributed by atoms with Gasteiger partial charge in [-0.05, 0) is 74.1 Å². The van der Waals surface area contributed by atoms with Gasteiger partial charge in [0.25, 0.3) is 10.0 Å². The Bertz CT molecular complexity index is 1740. The molecule has 1 N–H and O–H groups in total. The standard InChI is InChI=1S/C38H43N3O4S/c1-28-21-23-34(24-22-28)46(44,45)41(35-20-12-13-29(2)30(35)3)27-37(42)40(26-32-16-8-5-9-17-32)36(25-31-14-6-4-7-15-31)38(43)39-33-18-10-11-19-33/h4-9,12-17,20-24,33,36H,10-11,18-19,25-27H2,1-3H3,(H,39,43)/t36-/m0/s1. The van der Waals surface area contributed by atoms with Crippen LogP contribution < -0.4 is 9.62 Å². The number of nitrogens with zero attached hydrogens (tertiary/aromatic N) is 2. The first-order chi connectivity index (χ1) is 22.1. The summed E-state index contributed by atoms with van der Waals surface area (Å²) in [6.45, 7) is 5.37. The molecular weight excluding hydrogens is 595 g/mol. The lowest BCUT2D eigenvalue weighted by atomic mass is 10.0. The number of sulfonamides is 1. The van der Waals surface area contributed by atoms with Gasteiger partial charge in [-0.2, -0.15) is 0 Å². The highest BCUT2D eigenvalue weighted by Crippen LogP contribution is 2.30. The van der Waals surface area contributed by atoms with E-state index in [1.165, 1.54) is 4.31 Å². The van der Waals surface area contributed by atoms with Gasteiger partial charge in [-0.1, -0.05) is 103 Å². The van der Waals surface area contributed by atoms with Gasteiger partial charge in [0.15, 0.2) is 0 Å². The van der Waals surface area contributed by atoms with Crippen LogP contribution in [0.1, 0.15) is 53.5 Å². The molecule has 1 aliphatic carbocycles. The highest BCUT2D eigenvalue weighted by Gasteiger charge is 2.36. The smallest absolute Gasteiger partial charge is 0.264 e. The van der Waals surface area contributed by atoms with E-state index in [0.29, 0.717) is 12.1 Å². The summed E-state index contributed by atoms with van der Waals surface area (Å²) in [5, 5.41) is 3.22. The van der Waals surface area contributed by atoms with E-state index in [1.807, 2.05) is 87.5 Å². The number of rotatable bonds is 12. The van der Waals surface area contributed by atoms with E-state index in [2.05, 4.69) is 5.32 Å². The van der Waals surface area contributed by atoms with Crippen molar-refractivity contribution in [2.75, 3.05) is 10.8 Å². The molecular formula is C38H43N3O4S. The van der Waals surface area contributed by atoms with E-state index in [-0.39, 0.29) is 23.4 Å². The molecule has 8 heteroatoms. The molecule has 46 heavy (non-hydrogen) atoms. The zero-order valence-electron chi connectivity index (χ0n) is 26.9. The van der Waals surface area contributed by atoms with Gasteiger partial charge in [0.05, 0.1) is 10.6 Å². The lowest BCUT2D eigenvalue weighted by Gasteiger charge is -2.34. The van der Waals surface area contributed by atoms with Gasteiger partial charge in [-0.15, -0.1) is 0 Å². The number of carbonyl (C=O) groups is 2. The van der Waals surface area contributed by atoms with Crippen LogP contribution in [0.4, 0.5) is 5.69 Å². The van der Waals surface area contributed by atoms with Crippen molar-refractivity contribution in [3.8, 4) is 0 Å². The van der Waals surface area contributed by atoms with Crippen LogP contribution in [0.3, 0.4) is 0 Å². The van der Waals surface area contributed by atoms with Crippen molar-refractivity contribution in [1.82, 2.24) is 10.2 Å². The highest BCUT2D eigenvalue weighted by molar-refractivity contribution is 7.92. The summed E-state index contributed by atoms with van der Waals surface area (Å²) in [7, 11) is -4.15. The number of amides is 2. The summed E-state index contributed by atoms with van der Waals surface area (Å²) in [6, 6.07) is 30.5. The van der Waals surface area contributed by atoms with Gasteiger partial charge in [-0.25, -0.2) is 8.42 Å². The van der Waals surface area contributed by atoms with Crippen molar-refractivity contribution < 1.29 is 18.0 Å². The molecule has 0 aromatic heterocycles. The predicted molar refractivity (Wildman–Crippen MR) is 183 cm³/mol. The number of nitrogens with one attached hydrogen (secondary N) is 1. The van der Waals surface area contributed by atoms with Crippen molar-refractivity contribution in [2.24, 2.45) is 0 Å². The van der Waals surface area contributed by atoms with Crippen LogP contribution in [0.25, 0.3) is 0 Å². The molecule has 2 amide bonds. The zero-order chi connectivity index (χ0) is 32.7. The van der Waals surface area contributed by atoms with Crippen LogP contribution in [-0.4, -0.2) is 43.8 Å². The van der Waals surface area contributed by atoms with E-state index in [9.17, 15) is 18.0 Å². The van der Waals surface area contributed by atoms with E-state index in [0.717, 1.165) is 53.5 Å². The van der Waals surface area contributed by atoms with Crippen molar-refractivity contribution in [3.63, 3.8) is 0 Å². The maximum absolute atomic E-state index is 14.7. The number of hydrogen-bond donors (Lipinski definition) is 1. The minimum atomic E-state index is -4.15. The highest BCUT2D eigenvalue weighted by atomic mass is 32.2. The number of benzene rings is 4. The molecule has 5 rings (SSSR count). The zero-order valence-corrected chi connectivity index (χ0v) is 27.7. The molecule has 0 heterocycles. The Morgan fingerprint density at radius 1 is 0.783 bits per heavy atom. The molecule has 0 radical (unpaired) electrons. The van der Waals surface area contributed by atoms with E-state index in [1.54, 1.807) is 41.3 Å². The van der Waals surface area contributed by atoms with Crippen LogP contribution in [0.5, 0.6) is 0 Å². The Morgan fingerprint density at radius 2 is 1.39 bits per heavy atom. The summed E-state index contributed by atoms with van der Waals surface area (Å²) in [5.41, 5.74) is 4.80. The van der Waals surface area contributed by atoms with Crippen molar-refractivity contribution in [2.45, 2.75) is 76.4 Å². The quantitative estimate of drug-likeness (QED) is 0.192. The fraction of sp³-hybridized carbons (Fsp3) is 0.316. The van der Waals surface area contributed by atoms with Gasteiger partial charge in [0.2, 0.25) is 11.8 Å². The number of aryl methyl sites for hydroxylation is 2. The second kappa shape index (κ2) is 14.8. The van der Waals surface area contributed by atoms with Crippen LogP contribution in [-0.2, 0) is 32.6 Å². The maximum Gasteiger partial charge on any atom is 0.264 e. The first-order valence-electron chi connectivity index (χ1n) is 16.0. The topological polar surface area (TPSA) is 86.8 Å². The van der Waals surface area contributed by atoms with Crippen LogP contribution in [0.15, 0.2) is 108 Å². The fourth-order valence-corrected chi connectivity index (χ4v) is 7.53. The van der Waals surface area contributed by atoms with Gasteiger partial charge < -0.3 is 10.2 Å². The molecule has 4 aromatic carbocycles. The van der Waals surface area contributed by atoms with Gasteiger partial charge in [-0.3, -0.25) is 13.9 Å². The molecule has 1 aliphatic rings. The van der Waals surface area contributed by atoms with E-state index in [4.69, 9.17) is 0 Å². The monoisotopic (exact) mass is 637 g/mol. The van der Waals surface area contributed by atoms with Crippen LogP contribution in [0, 0.1) is 20.8 Å². The van der Waals surface area contributed by atoms with Crippen LogP contribution in [0.2, 0.25) is 0 Å². The Balaban J connectivity index is 1.58. The summed E-state index contributed by atoms with van der Waals surface area (Å²) < 4.78 is 29.9. The molecule has 240 valence electrons. The normalized spacial score (nSPS) is 14.1. The molecule has 1 saturated carbocycles. The number of carbonyl (C=O) groups excluding carboxylic acids is 2. The largest absolute Gasteiger partial charge is 0.352 e. The molecule has 7 nitrogen and oxygen atoms in total. The Kier molecular flexibility index (Phi) is 10.6. The minimum Gasteiger partial charge on any atom is -0.352 e. The summed E-state index contributed by atoms with van der Waals surface area (Å²) in [5.74, 6) is -0.678. The molecule has 4 aromatic rings. The molecule has 0 saturated heterocycles. The lowest BCUT2D eigenvalue weighted by molar-refractivity contribution is -0.140. The Morgan fingerprint density at radius 3 is 2.02 bits per heavy atom. The average molecular weight is 638 g/mol. The van der Waals surface area contributed by atoms with Gasteiger partial charge in [0, 0.05) is 19.0 Å². The van der Waals surface area contributed by atoms with Gasteiger partial charge >= 0.3 is 0 Å². The SMILES string of the molecule is Cc1ccc(S(=O)(=O)N(CC(=O)N(Cc2ccccc2)[C@@H](Cc2ccccc2)C(=O)NC2CCCC2)c2cccc(C)c2C)cc1. The van der Waals surface area contributed by atoms with Crippen LogP contribution >= 0.6 is 0 Å². The third-order valence-corrected chi connectivity index (χ3v) is 10.7. The maximum atomic E-state index is 14.7. The van der Waals surface area contributed by atoms with Gasteiger partial charge in [0.1, 0.15) is 12.6 Å². The minimum absolute atomic E-state index is 0.0628. The molecule has 0 aliphatic heterocycles. The van der Waals surface area contributed by atoms with Crippen molar-refractivity contribution in [1.29, 1.82) is 0 Å².